The Morgan fingerprint density at radius 3 is 2.88 bits per heavy atom. The highest BCUT2D eigenvalue weighted by Gasteiger charge is 2.31. The van der Waals surface area contributed by atoms with Gasteiger partial charge in [-0.1, -0.05) is 0 Å². The molecule has 0 radical (unpaired) electrons. The molecule has 2 heterocycles. The zero-order valence-electron chi connectivity index (χ0n) is 14.8. The minimum atomic E-state index is -0.705. The number of carbonyl (C=O) groups is 1. The normalized spacial score (nSPS) is 19.9. The van der Waals surface area contributed by atoms with Gasteiger partial charge in [0.15, 0.2) is 5.82 Å². The largest absolute Gasteiger partial charge is 0.508 e. The van der Waals surface area contributed by atoms with E-state index in [1.165, 1.54) is 11.8 Å². The number of nitrogens with one attached hydrogen (secondary N) is 1. The van der Waals surface area contributed by atoms with Gasteiger partial charge in [0.05, 0.1) is 12.2 Å². The van der Waals surface area contributed by atoms with Crippen molar-refractivity contribution in [2.75, 3.05) is 30.5 Å². The van der Waals surface area contributed by atoms with Gasteiger partial charge in [0.25, 0.3) is 5.56 Å². The average Bonchev–Trinajstić information content (AvgIpc) is 3.00. The van der Waals surface area contributed by atoms with Gasteiger partial charge in [0.1, 0.15) is 17.7 Å². The number of anilines is 2. The fourth-order valence-electron chi connectivity index (χ4n) is 2.51. The van der Waals surface area contributed by atoms with Crippen LogP contribution in [0.1, 0.15) is 26.7 Å². The zero-order chi connectivity index (χ0) is 18.6. The molecule has 1 aliphatic heterocycles. The van der Waals surface area contributed by atoms with Crippen LogP contribution in [-0.4, -0.2) is 54.5 Å². The van der Waals surface area contributed by atoms with Gasteiger partial charge in [-0.25, -0.2) is 4.79 Å². The Kier molecular flexibility index (Phi) is 6.54. The SMILES string of the molecule is CSc1c(N(C)[C@H]2CC[C@@H](COC(=O)OC(C)C)O2)nc(N)[nH]c1=O. The molecule has 2 rings (SSSR count). The van der Waals surface area contributed by atoms with Gasteiger partial charge in [-0.3, -0.25) is 9.78 Å². The lowest BCUT2D eigenvalue weighted by Gasteiger charge is -2.26. The minimum Gasteiger partial charge on any atom is -0.432 e. The molecule has 25 heavy (non-hydrogen) atoms. The van der Waals surface area contributed by atoms with Gasteiger partial charge in [-0.2, -0.15) is 4.98 Å². The predicted octanol–water partition coefficient (Wildman–Crippen LogP) is 1.58. The van der Waals surface area contributed by atoms with Crippen LogP contribution in [0.2, 0.25) is 0 Å². The van der Waals surface area contributed by atoms with Gasteiger partial charge in [0.2, 0.25) is 5.95 Å². The summed E-state index contributed by atoms with van der Waals surface area (Å²) in [6, 6.07) is 0. The van der Waals surface area contributed by atoms with Crippen molar-refractivity contribution in [1.29, 1.82) is 0 Å². The summed E-state index contributed by atoms with van der Waals surface area (Å²) in [6.45, 7) is 3.63. The fraction of sp³-hybridized carbons (Fsp3) is 0.667. The molecule has 0 aliphatic carbocycles. The fourth-order valence-corrected chi connectivity index (χ4v) is 3.12. The number of ether oxygens (including phenoxy) is 3. The molecule has 1 aliphatic rings. The molecule has 1 aromatic heterocycles. The van der Waals surface area contributed by atoms with Crippen LogP contribution >= 0.6 is 11.8 Å². The number of thioether (sulfide) groups is 1. The number of nitrogen functional groups attached to an aromatic ring is 1. The van der Waals surface area contributed by atoms with Crippen LogP contribution < -0.4 is 16.2 Å². The van der Waals surface area contributed by atoms with E-state index < -0.39 is 6.16 Å². The molecule has 1 fully saturated rings. The van der Waals surface area contributed by atoms with Crippen molar-refractivity contribution in [3.63, 3.8) is 0 Å². The molecule has 0 unspecified atom stereocenters. The highest BCUT2D eigenvalue weighted by Crippen LogP contribution is 2.29. The molecule has 1 aromatic rings. The Labute approximate surface area is 150 Å². The van der Waals surface area contributed by atoms with Crippen LogP contribution in [0.5, 0.6) is 0 Å². The van der Waals surface area contributed by atoms with E-state index in [0.717, 1.165) is 6.42 Å². The van der Waals surface area contributed by atoms with Crippen LogP contribution in [0, 0.1) is 0 Å². The Balaban J connectivity index is 1.98. The van der Waals surface area contributed by atoms with Crippen molar-refractivity contribution in [2.45, 2.75) is 50.0 Å². The quantitative estimate of drug-likeness (QED) is 0.566. The Bertz CT molecular complexity index is 666. The number of carbonyl (C=O) groups excluding carboxylic acids is 1. The summed E-state index contributed by atoms with van der Waals surface area (Å²) in [7, 11) is 1.79. The molecular formula is C15H24N4O5S. The molecule has 2 atom stereocenters. The molecule has 1 saturated heterocycles. The molecule has 10 heteroatoms. The van der Waals surface area contributed by atoms with Crippen molar-refractivity contribution in [3.8, 4) is 0 Å². The van der Waals surface area contributed by atoms with Crippen LogP contribution in [0.15, 0.2) is 9.69 Å². The average molecular weight is 372 g/mol. The third-order valence-electron chi connectivity index (χ3n) is 3.65. The van der Waals surface area contributed by atoms with Gasteiger partial charge in [0, 0.05) is 7.05 Å². The highest BCUT2D eigenvalue weighted by atomic mass is 32.2. The molecule has 0 bridgehead atoms. The van der Waals surface area contributed by atoms with Crippen LogP contribution in [-0.2, 0) is 14.2 Å². The first kappa shape index (κ1) is 19.4. The second-order valence-electron chi connectivity index (χ2n) is 5.94. The van der Waals surface area contributed by atoms with E-state index in [9.17, 15) is 9.59 Å². The standard InChI is InChI=1S/C15H24N4O5S/c1-8(2)23-15(21)22-7-9-5-6-10(24-9)19(3)12-11(25-4)13(20)18-14(16)17-12/h8-10H,5-7H2,1-4H3,(H3,16,17,18,20)/t9-,10+/m0/s1. The third-order valence-corrected chi connectivity index (χ3v) is 4.43. The van der Waals surface area contributed by atoms with Crippen molar-refractivity contribution >= 4 is 29.7 Å². The molecule has 0 saturated carbocycles. The van der Waals surface area contributed by atoms with E-state index >= 15 is 0 Å². The number of hydrogen-bond donors (Lipinski definition) is 2. The molecule has 140 valence electrons. The van der Waals surface area contributed by atoms with E-state index in [0.29, 0.717) is 17.1 Å². The molecule has 0 amide bonds. The zero-order valence-corrected chi connectivity index (χ0v) is 15.6. The third kappa shape index (κ3) is 5.02. The number of nitrogens with two attached hydrogens (primary N) is 1. The number of aromatic nitrogens is 2. The monoisotopic (exact) mass is 372 g/mol. The Morgan fingerprint density at radius 2 is 2.24 bits per heavy atom. The maximum Gasteiger partial charge on any atom is 0.508 e. The van der Waals surface area contributed by atoms with Gasteiger partial charge >= 0.3 is 6.16 Å². The summed E-state index contributed by atoms with van der Waals surface area (Å²) in [4.78, 5) is 32.4. The maximum atomic E-state index is 12.0. The molecule has 9 nitrogen and oxygen atoms in total. The lowest BCUT2D eigenvalue weighted by Crippen LogP contribution is -2.35. The number of nitrogens with zero attached hydrogens (tertiary/aromatic N) is 2. The van der Waals surface area contributed by atoms with Gasteiger partial charge in [-0.15, -0.1) is 11.8 Å². The van der Waals surface area contributed by atoms with E-state index in [4.69, 9.17) is 19.9 Å². The van der Waals surface area contributed by atoms with Crippen molar-refractivity contribution in [2.24, 2.45) is 0 Å². The lowest BCUT2D eigenvalue weighted by atomic mass is 10.2. The van der Waals surface area contributed by atoms with Crippen LogP contribution in [0.25, 0.3) is 0 Å². The van der Waals surface area contributed by atoms with E-state index in [1.54, 1.807) is 32.1 Å². The Hall–Kier alpha value is -1.94. The topological polar surface area (TPSA) is 120 Å². The van der Waals surface area contributed by atoms with E-state index in [1.807, 2.05) is 0 Å². The Morgan fingerprint density at radius 1 is 1.52 bits per heavy atom. The number of rotatable bonds is 6. The summed E-state index contributed by atoms with van der Waals surface area (Å²) in [6.07, 6.45) is 1.78. The van der Waals surface area contributed by atoms with Gasteiger partial charge in [-0.05, 0) is 32.9 Å². The predicted molar refractivity (Wildman–Crippen MR) is 94.9 cm³/mol. The summed E-state index contributed by atoms with van der Waals surface area (Å²) in [5.74, 6) is 0.526. The second-order valence-corrected chi connectivity index (χ2v) is 6.75. The van der Waals surface area contributed by atoms with Crippen LogP contribution in [0.3, 0.4) is 0 Å². The smallest absolute Gasteiger partial charge is 0.432 e. The first-order valence-electron chi connectivity index (χ1n) is 7.97. The lowest BCUT2D eigenvalue weighted by molar-refractivity contribution is -0.0214. The second kappa shape index (κ2) is 8.43. The summed E-state index contributed by atoms with van der Waals surface area (Å²) < 4.78 is 15.9. The molecular weight excluding hydrogens is 348 g/mol. The van der Waals surface area contributed by atoms with Crippen LogP contribution in [0.4, 0.5) is 16.6 Å². The first-order valence-corrected chi connectivity index (χ1v) is 9.19. The summed E-state index contributed by atoms with van der Waals surface area (Å²) in [5.41, 5.74) is 5.37. The highest BCUT2D eigenvalue weighted by molar-refractivity contribution is 7.98. The number of hydrogen-bond acceptors (Lipinski definition) is 9. The van der Waals surface area contributed by atoms with Gasteiger partial charge < -0.3 is 24.8 Å². The molecule has 0 spiro atoms. The first-order chi connectivity index (χ1) is 11.8. The summed E-state index contributed by atoms with van der Waals surface area (Å²) in [5, 5.41) is 0. The maximum absolute atomic E-state index is 12.0. The van der Waals surface area contributed by atoms with Crippen molar-refractivity contribution < 1.29 is 19.0 Å². The molecule has 0 aromatic carbocycles. The number of aromatic amines is 1. The molecule has 3 N–H and O–H groups in total. The van der Waals surface area contributed by atoms with E-state index in [-0.39, 0.29) is 36.6 Å². The van der Waals surface area contributed by atoms with Crippen molar-refractivity contribution in [3.05, 3.63) is 10.4 Å². The summed E-state index contributed by atoms with van der Waals surface area (Å²) >= 11 is 1.29. The van der Waals surface area contributed by atoms with Crippen molar-refractivity contribution in [1.82, 2.24) is 9.97 Å². The number of H-pyrrole nitrogens is 1. The van der Waals surface area contributed by atoms with E-state index in [2.05, 4.69) is 9.97 Å². The minimum absolute atomic E-state index is 0.0546.